The van der Waals surface area contributed by atoms with Gasteiger partial charge in [-0.3, -0.25) is 0 Å². The van der Waals surface area contributed by atoms with Crippen LogP contribution in [0.15, 0.2) is 60.7 Å². The Kier molecular flexibility index (Phi) is 4.31. The molecule has 1 aromatic heterocycles. The second kappa shape index (κ2) is 7.27. The number of ether oxygens (including phenoxy) is 2. The third-order valence-electron chi connectivity index (χ3n) is 5.11. The first-order valence-electron chi connectivity index (χ1n) is 9.54. The molecular weight excluding hydrogens is 376 g/mol. The SMILES string of the molecule is N#Cc1ccc(Cn2c(-c3ccc(C#N)cc3)nc3cc4c(cc32)OCCO4)cc1. The molecule has 0 atom stereocenters. The second-order valence-electron chi connectivity index (χ2n) is 7.00. The van der Waals surface area contributed by atoms with Crippen LogP contribution in [0.2, 0.25) is 0 Å². The molecule has 0 N–H and O–H groups in total. The van der Waals surface area contributed by atoms with Gasteiger partial charge in [-0.1, -0.05) is 12.1 Å². The van der Waals surface area contributed by atoms with Gasteiger partial charge in [-0.2, -0.15) is 10.5 Å². The first kappa shape index (κ1) is 17.8. The van der Waals surface area contributed by atoms with Crippen molar-refractivity contribution in [3.05, 3.63) is 77.4 Å². The predicted molar refractivity (Wildman–Crippen MR) is 111 cm³/mol. The molecule has 1 aliphatic heterocycles. The van der Waals surface area contributed by atoms with E-state index in [4.69, 9.17) is 25.0 Å². The molecular formula is C24H16N4O2. The number of hydrogen-bond acceptors (Lipinski definition) is 5. The van der Waals surface area contributed by atoms with E-state index < -0.39 is 0 Å². The Morgan fingerprint density at radius 3 is 2.07 bits per heavy atom. The summed E-state index contributed by atoms with van der Waals surface area (Å²) in [6.07, 6.45) is 0. The third-order valence-corrected chi connectivity index (χ3v) is 5.11. The molecule has 0 saturated heterocycles. The van der Waals surface area contributed by atoms with E-state index in [-0.39, 0.29) is 0 Å². The lowest BCUT2D eigenvalue weighted by molar-refractivity contribution is 0.172. The third kappa shape index (κ3) is 3.11. The van der Waals surface area contributed by atoms with Crippen LogP contribution >= 0.6 is 0 Å². The highest BCUT2D eigenvalue weighted by atomic mass is 16.6. The van der Waals surface area contributed by atoms with Gasteiger partial charge in [0, 0.05) is 24.2 Å². The minimum absolute atomic E-state index is 0.519. The number of fused-ring (bicyclic) bond motifs is 2. The van der Waals surface area contributed by atoms with Crippen molar-refractivity contribution in [2.45, 2.75) is 6.54 Å². The Morgan fingerprint density at radius 2 is 1.43 bits per heavy atom. The van der Waals surface area contributed by atoms with E-state index in [1.54, 1.807) is 12.1 Å². The molecule has 30 heavy (non-hydrogen) atoms. The summed E-state index contributed by atoms with van der Waals surface area (Å²) in [6, 6.07) is 23.1. The lowest BCUT2D eigenvalue weighted by Crippen LogP contribution is -2.15. The van der Waals surface area contributed by atoms with Gasteiger partial charge in [0.25, 0.3) is 0 Å². The average Bonchev–Trinajstić information content (AvgIpc) is 3.15. The number of benzene rings is 3. The molecule has 2 heterocycles. The summed E-state index contributed by atoms with van der Waals surface area (Å²) < 4.78 is 13.6. The predicted octanol–water partition coefficient (Wildman–Crippen LogP) is 4.27. The summed E-state index contributed by atoms with van der Waals surface area (Å²) >= 11 is 0. The minimum atomic E-state index is 0.519. The van der Waals surface area contributed by atoms with Crippen molar-refractivity contribution in [3.8, 4) is 35.0 Å². The number of nitrogens with zero attached hydrogens (tertiary/aromatic N) is 4. The highest BCUT2D eigenvalue weighted by Gasteiger charge is 2.19. The summed E-state index contributed by atoms with van der Waals surface area (Å²) in [5.74, 6) is 2.20. The maximum Gasteiger partial charge on any atom is 0.163 e. The largest absolute Gasteiger partial charge is 0.486 e. The molecule has 0 fully saturated rings. The van der Waals surface area contributed by atoms with E-state index >= 15 is 0 Å². The highest BCUT2D eigenvalue weighted by Crippen LogP contribution is 2.36. The molecule has 0 amide bonds. The van der Waals surface area contributed by atoms with Crippen LogP contribution < -0.4 is 9.47 Å². The van der Waals surface area contributed by atoms with Gasteiger partial charge in [0.1, 0.15) is 19.0 Å². The van der Waals surface area contributed by atoms with E-state index in [2.05, 4.69) is 16.7 Å². The fraction of sp³-hybridized carbons (Fsp3) is 0.125. The lowest BCUT2D eigenvalue weighted by Gasteiger charge is -2.18. The van der Waals surface area contributed by atoms with Crippen molar-refractivity contribution < 1.29 is 9.47 Å². The van der Waals surface area contributed by atoms with Crippen molar-refractivity contribution in [3.63, 3.8) is 0 Å². The van der Waals surface area contributed by atoms with E-state index in [0.717, 1.165) is 28.0 Å². The molecule has 6 nitrogen and oxygen atoms in total. The molecule has 1 aliphatic rings. The molecule has 5 rings (SSSR count). The maximum absolute atomic E-state index is 9.11. The number of hydrogen-bond donors (Lipinski definition) is 0. The van der Waals surface area contributed by atoms with Gasteiger partial charge in [0.05, 0.1) is 34.3 Å². The first-order valence-corrected chi connectivity index (χ1v) is 9.54. The summed E-state index contributed by atoms with van der Waals surface area (Å²) in [4.78, 5) is 4.87. The first-order chi connectivity index (χ1) is 14.7. The van der Waals surface area contributed by atoms with Gasteiger partial charge in [0.2, 0.25) is 0 Å². The van der Waals surface area contributed by atoms with Crippen molar-refractivity contribution in [1.29, 1.82) is 10.5 Å². The second-order valence-corrected chi connectivity index (χ2v) is 7.00. The van der Waals surface area contributed by atoms with Gasteiger partial charge >= 0.3 is 0 Å². The molecule has 0 saturated carbocycles. The van der Waals surface area contributed by atoms with Crippen molar-refractivity contribution in [2.24, 2.45) is 0 Å². The molecule has 0 radical (unpaired) electrons. The van der Waals surface area contributed by atoms with Crippen LogP contribution in [-0.4, -0.2) is 22.8 Å². The molecule has 0 bridgehead atoms. The van der Waals surface area contributed by atoms with Crippen molar-refractivity contribution in [1.82, 2.24) is 9.55 Å². The van der Waals surface area contributed by atoms with Gasteiger partial charge in [0.15, 0.2) is 11.5 Å². The summed E-state index contributed by atoms with van der Waals surface area (Å²) in [5, 5.41) is 18.2. The van der Waals surface area contributed by atoms with E-state index in [9.17, 15) is 0 Å². The van der Waals surface area contributed by atoms with Crippen molar-refractivity contribution >= 4 is 11.0 Å². The van der Waals surface area contributed by atoms with E-state index in [1.807, 2.05) is 48.5 Å². The Labute approximate surface area is 173 Å². The van der Waals surface area contributed by atoms with Crippen LogP contribution in [0, 0.1) is 22.7 Å². The monoisotopic (exact) mass is 392 g/mol. The zero-order valence-electron chi connectivity index (χ0n) is 16.0. The number of rotatable bonds is 3. The summed E-state index contributed by atoms with van der Waals surface area (Å²) in [7, 11) is 0. The Morgan fingerprint density at radius 1 is 0.833 bits per heavy atom. The van der Waals surface area contributed by atoms with E-state index in [0.29, 0.717) is 42.4 Å². The smallest absolute Gasteiger partial charge is 0.163 e. The van der Waals surface area contributed by atoms with Crippen LogP contribution in [0.4, 0.5) is 0 Å². The normalized spacial score (nSPS) is 12.3. The van der Waals surface area contributed by atoms with Crippen LogP contribution in [0.25, 0.3) is 22.4 Å². The van der Waals surface area contributed by atoms with Gasteiger partial charge in [-0.15, -0.1) is 0 Å². The Hall–Kier alpha value is -4.29. The topological polar surface area (TPSA) is 83.9 Å². The molecule has 0 aliphatic carbocycles. The average molecular weight is 392 g/mol. The molecule has 3 aromatic carbocycles. The Balaban J connectivity index is 1.67. The number of aromatic nitrogens is 2. The highest BCUT2D eigenvalue weighted by molar-refractivity contribution is 5.84. The van der Waals surface area contributed by atoms with E-state index in [1.165, 1.54) is 0 Å². The van der Waals surface area contributed by atoms with Crippen molar-refractivity contribution in [2.75, 3.05) is 13.2 Å². The Bertz CT molecular complexity index is 1320. The van der Waals surface area contributed by atoms with Crippen LogP contribution in [-0.2, 0) is 6.54 Å². The summed E-state index contributed by atoms with van der Waals surface area (Å²) in [5.41, 5.74) is 4.94. The minimum Gasteiger partial charge on any atom is -0.486 e. The quantitative estimate of drug-likeness (QED) is 0.520. The fourth-order valence-electron chi connectivity index (χ4n) is 3.60. The molecule has 0 unspecified atom stereocenters. The standard InChI is InChI=1S/C24H16N4O2/c25-13-16-1-3-18(4-2-16)15-28-21-12-23-22(29-9-10-30-23)11-20(21)27-24(28)19-7-5-17(14-26)6-8-19/h1-8,11-12H,9-10,15H2. The number of nitriles is 2. The van der Waals surface area contributed by atoms with Gasteiger partial charge in [-0.25, -0.2) is 4.98 Å². The van der Waals surface area contributed by atoms with Crippen LogP contribution in [0.3, 0.4) is 0 Å². The van der Waals surface area contributed by atoms with Crippen LogP contribution in [0.5, 0.6) is 11.5 Å². The van der Waals surface area contributed by atoms with Gasteiger partial charge in [-0.05, 0) is 42.0 Å². The van der Waals surface area contributed by atoms with Crippen LogP contribution in [0.1, 0.15) is 16.7 Å². The lowest BCUT2D eigenvalue weighted by atomic mass is 10.1. The molecule has 4 aromatic rings. The molecule has 0 spiro atoms. The number of imidazole rings is 1. The summed E-state index contributed by atoms with van der Waals surface area (Å²) in [6.45, 7) is 1.62. The molecule has 144 valence electrons. The van der Waals surface area contributed by atoms with Gasteiger partial charge < -0.3 is 14.0 Å². The molecule has 6 heteroatoms. The fourth-order valence-corrected chi connectivity index (χ4v) is 3.60. The zero-order chi connectivity index (χ0) is 20.5. The zero-order valence-corrected chi connectivity index (χ0v) is 16.0. The maximum atomic E-state index is 9.11.